The van der Waals surface area contributed by atoms with Gasteiger partial charge in [0.05, 0.1) is 6.10 Å². The van der Waals surface area contributed by atoms with Gasteiger partial charge in [0.15, 0.2) is 0 Å². The van der Waals surface area contributed by atoms with Gasteiger partial charge < -0.3 is 15.8 Å². The van der Waals surface area contributed by atoms with Crippen LogP contribution in [0.3, 0.4) is 0 Å². The molecule has 0 aliphatic rings. The lowest BCUT2D eigenvalue weighted by Crippen LogP contribution is -2.21. The Hall–Kier alpha value is -0.120. The summed E-state index contributed by atoms with van der Waals surface area (Å²) in [5, 5.41) is 19.2. The van der Waals surface area contributed by atoms with E-state index in [-0.39, 0.29) is 6.54 Å². The van der Waals surface area contributed by atoms with E-state index in [4.69, 9.17) is 0 Å². The predicted octanol–water partition coefficient (Wildman–Crippen LogP) is 2.97. The Bertz CT molecular complexity index is 120. The minimum Gasteiger partial charge on any atom is -0.788 e. The van der Waals surface area contributed by atoms with Crippen LogP contribution in [-0.4, -0.2) is 17.8 Å². The van der Waals surface area contributed by atoms with Crippen LogP contribution < -0.4 is 5.48 Å². The van der Waals surface area contributed by atoms with Crippen LogP contribution in [0.4, 0.5) is 0 Å². The zero-order chi connectivity index (χ0) is 11.4. The number of hydrogen-bond acceptors (Lipinski definition) is 3. The first kappa shape index (κ1) is 14.9. The lowest BCUT2D eigenvalue weighted by molar-refractivity contribution is 0.162. The largest absolute Gasteiger partial charge is 0.788 e. The van der Waals surface area contributed by atoms with Gasteiger partial charge in [-0.05, 0) is 6.42 Å². The molecule has 92 valence electrons. The van der Waals surface area contributed by atoms with Crippen LogP contribution >= 0.6 is 0 Å². The smallest absolute Gasteiger partial charge is 0.0655 e. The zero-order valence-electron chi connectivity index (χ0n) is 10.0. The van der Waals surface area contributed by atoms with Crippen molar-refractivity contribution in [2.75, 3.05) is 6.54 Å². The number of unbranched alkanes of at least 4 members (excludes halogenated alkanes) is 7. The van der Waals surface area contributed by atoms with Gasteiger partial charge in [0.25, 0.3) is 0 Å². The molecule has 0 saturated heterocycles. The van der Waals surface area contributed by atoms with Crippen molar-refractivity contribution < 1.29 is 5.11 Å². The van der Waals surface area contributed by atoms with Gasteiger partial charge in [-0.1, -0.05) is 58.3 Å². The molecule has 0 aromatic carbocycles. The normalized spacial score (nSPS) is 13.0. The first-order valence-corrected chi connectivity index (χ1v) is 6.34. The number of rotatable bonds is 11. The molecule has 0 fully saturated rings. The van der Waals surface area contributed by atoms with Crippen molar-refractivity contribution in [1.29, 1.82) is 0 Å². The molecule has 3 nitrogen and oxygen atoms in total. The summed E-state index contributed by atoms with van der Waals surface area (Å²) in [6, 6.07) is 0. The van der Waals surface area contributed by atoms with E-state index in [1.807, 2.05) is 0 Å². The van der Waals surface area contributed by atoms with Gasteiger partial charge in [0.2, 0.25) is 0 Å². The minimum absolute atomic E-state index is 0.177. The van der Waals surface area contributed by atoms with Crippen molar-refractivity contribution in [3.8, 4) is 0 Å². The van der Waals surface area contributed by atoms with E-state index in [0.717, 1.165) is 12.8 Å². The SMILES string of the molecule is CCCCCCCCCCC(O)CN[O-]. The Morgan fingerprint density at radius 2 is 1.53 bits per heavy atom. The van der Waals surface area contributed by atoms with Crippen molar-refractivity contribution in [2.24, 2.45) is 0 Å². The highest BCUT2D eigenvalue weighted by Crippen LogP contribution is 2.10. The summed E-state index contributed by atoms with van der Waals surface area (Å²) in [5.41, 5.74) is 1.74. The molecule has 0 saturated carbocycles. The molecule has 15 heavy (non-hydrogen) atoms. The topological polar surface area (TPSA) is 55.3 Å². The molecule has 0 spiro atoms. The number of hydrogen-bond donors (Lipinski definition) is 2. The van der Waals surface area contributed by atoms with E-state index in [9.17, 15) is 10.3 Å². The van der Waals surface area contributed by atoms with E-state index in [0.29, 0.717) is 0 Å². The second kappa shape index (κ2) is 12.0. The summed E-state index contributed by atoms with van der Waals surface area (Å²) in [6.07, 6.45) is 10.5. The first-order chi connectivity index (χ1) is 7.31. The third-order valence-electron chi connectivity index (χ3n) is 2.71. The fourth-order valence-corrected chi connectivity index (χ4v) is 1.71. The molecule has 0 radical (unpaired) electrons. The van der Waals surface area contributed by atoms with E-state index in [2.05, 4.69) is 6.92 Å². The van der Waals surface area contributed by atoms with Crippen molar-refractivity contribution >= 4 is 0 Å². The molecule has 0 amide bonds. The maximum Gasteiger partial charge on any atom is 0.0655 e. The highest BCUT2D eigenvalue weighted by Gasteiger charge is 2.00. The minimum atomic E-state index is -0.456. The van der Waals surface area contributed by atoms with E-state index in [1.54, 1.807) is 5.48 Å². The van der Waals surface area contributed by atoms with Crippen LogP contribution in [0.5, 0.6) is 0 Å². The van der Waals surface area contributed by atoms with Crippen LogP contribution in [0.1, 0.15) is 64.7 Å². The molecular formula is C12H26NO2-. The van der Waals surface area contributed by atoms with Crippen LogP contribution in [0.15, 0.2) is 0 Å². The van der Waals surface area contributed by atoms with E-state index < -0.39 is 6.10 Å². The molecule has 0 rings (SSSR count). The second-order valence-electron chi connectivity index (χ2n) is 4.27. The van der Waals surface area contributed by atoms with Gasteiger partial charge >= 0.3 is 0 Å². The van der Waals surface area contributed by atoms with Gasteiger partial charge in [0, 0.05) is 6.54 Å². The molecule has 1 atom stereocenters. The molecule has 0 aromatic heterocycles. The molecular weight excluding hydrogens is 190 g/mol. The average Bonchev–Trinajstić information content (AvgIpc) is 2.22. The summed E-state index contributed by atoms with van der Waals surface area (Å²) >= 11 is 0. The fraction of sp³-hybridized carbons (Fsp3) is 1.00. The quantitative estimate of drug-likeness (QED) is 0.412. The lowest BCUT2D eigenvalue weighted by atomic mass is 10.1. The molecule has 0 bridgehead atoms. The van der Waals surface area contributed by atoms with Gasteiger partial charge in [-0.15, -0.1) is 0 Å². The van der Waals surface area contributed by atoms with E-state index in [1.165, 1.54) is 44.9 Å². The third-order valence-corrected chi connectivity index (χ3v) is 2.71. The van der Waals surface area contributed by atoms with Crippen molar-refractivity contribution in [3.05, 3.63) is 5.21 Å². The van der Waals surface area contributed by atoms with Crippen molar-refractivity contribution in [2.45, 2.75) is 70.8 Å². The number of aliphatic hydroxyl groups is 1. The van der Waals surface area contributed by atoms with Gasteiger partial charge in [-0.3, -0.25) is 0 Å². The molecule has 0 aliphatic carbocycles. The monoisotopic (exact) mass is 216 g/mol. The Balaban J connectivity index is 2.98. The number of aliphatic hydroxyl groups excluding tert-OH is 1. The molecule has 0 aromatic rings. The molecule has 1 unspecified atom stereocenters. The Kier molecular flexibility index (Phi) is 11.9. The lowest BCUT2D eigenvalue weighted by Gasteiger charge is -2.13. The number of hydroxylamine groups is 1. The summed E-state index contributed by atoms with van der Waals surface area (Å²) in [7, 11) is 0. The van der Waals surface area contributed by atoms with Crippen LogP contribution in [0.2, 0.25) is 0 Å². The van der Waals surface area contributed by atoms with Crippen LogP contribution in [-0.2, 0) is 0 Å². The summed E-state index contributed by atoms with van der Waals surface area (Å²) in [5.74, 6) is 0. The molecule has 0 aliphatic heterocycles. The van der Waals surface area contributed by atoms with Gasteiger partial charge in [-0.2, -0.15) is 0 Å². The third kappa shape index (κ3) is 11.8. The Morgan fingerprint density at radius 3 is 2.07 bits per heavy atom. The molecule has 3 heteroatoms. The maximum atomic E-state index is 9.97. The van der Waals surface area contributed by atoms with Crippen molar-refractivity contribution in [1.82, 2.24) is 5.48 Å². The first-order valence-electron chi connectivity index (χ1n) is 6.34. The number of nitrogens with one attached hydrogen (secondary N) is 1. The fourth-order valence-electron chi connectivity index (χ4n) is 1.71. The highest BCUT2D eigenvalue weighted by atomic mass is 16.5. The van der Waals surface area contributed by atoms with E-state index >= 15 is 0 Å². The van der Waals surface area contributed by atoms with Crippen LogP contribution in [0.25, 0.3) is 0 Å². The van der Waals surface area contributed by atoms with Crippen molar-refractivity contribution in [3.63, 3.8) is 0 Å². The van der Waals surface area contributed by atoms with Gasteiger partial charge in [0.1, 0.15) is 0 Å². The van der Waals surface area contributed by atoms with Crippen LogP contribution in [0, 0.1) is 5.21 Å². The maximum absolute atomic E-state index is 9.97. The summed E-state index contributed by atoms with van der Waals surface area (Å²) < 4.78 is 0. The molecule has 2 N–H and O–H groups in total. The average molecular weight is 216 g/mol. The summed E-state index contributed by atoms with van der Waals surface area (Å²) in [6.45, 7) is 2.40. The Morgan fingerprint density at radius 1 is 1.00 bits per heavy atom. The zero-order valence-corrected chi connectivity index (χ0v) is 10.0. The highest BCUT2D eigenvalue weighted by molar-refractivity contribution is 4.59. The predicted molar refractivity (Wildman–Crippen MR) is 64.6 cm³/mol. The Labute approximate surface area is 93.8 Å². The molecule has 0 heterocycles. The standard InChI is InChI=1S/C12H26NO2/c1-2-3-4-5-6-7-8-9-10-12(14)11-13-15/h12-14H,2-11H2,1H3/q-1. The van der Waals surface area contributed by atoms with Gasteiger partial charge in [-0.25, -0.2) is 0 Å². The summed E-state index contributed by atoms with van der Waals surface area (Å²) in [4.78, 5) is 0. The second-order valence-corrected chi connectivity index (χ2v) is 4.27.